The topological polar surface area (TPSA) is 62.2 Å². The molecular formula is C20H19N5O. The average Bonchev–Trinajstić information content (AvgIpc) is 2.75. The maximum Gasteiger partial charge on any atom is 0.255 e. The van der Waals surface area contributed by atoms with Crippen LogP contribution in [0.5, 0.6) is 0 Å². The zero-order chi connectivity index (χ0) is 17.8. The third-order valence-corrected chi connectivity index (χ3v) is 4.48. The Bertz CT molecular complexity index is 860. The second-order valence-corrected chi connectivity index (χ2v) is 6.13. The molecule has 3 heterocycles. The van der Waals surface area contributed by atoms with Gasteiger partial charge in [-0.15, -0.1) is 0 Å². The normalized spacial score (nSPS) is 14.3. The van der Waals surface area contributed by atoms with Crippen molar-refractivity contribution in [3.05, 3.63) is 72.7 Å². The fourth-order valence-electron chi connectivity index (χ4n) is 3.05. The third-order valence-electron chi connectivity index (χ3n) is 4.48. The Hall–Kier alpha value is -3.28. The molecule has 1 saturated heterocycles. The summed E-state index contributed by atoms with van der Waals surface area (Å²) < 4.78 is 0. The van der Waals surface area contributed by atoms with Gasteiger partial charge in [-0.25, -0.2) is 9.97 Å². The van der Waals surface area contributed by atoms with E-state index in [1.807, 2.05) is 47.4 Å². The fourth-order valence-corrected chi connectivity index (χ4v) is 3.05. The van der Waals surface area contributed by atoms with E-state index in [0.29, 0.717) is 24.6 Å². The van der Waals surface area contributed by atoms with Crippen LogP contribution < -0.4 is 4.90 Å². The summed E-state index contributed by atoms with van der Waals surface area (Å²) in [4.78, 5) is 29.7. The van der Waals surface area contributed by atoms with Gasteiger partial charge in [0.05, 0.1) is 11.3 Å². The van der Waals surface area contributed by atoms with Gasteiger partial charge in [0, 0.05) is 50.3 Å². The smallest absolute Gasteiger partial charge is 0.255 e. The van der Waals surface area contributed by atoms with Gasteiger partial charge in [0.25, 0.3) is 5.91 Å². The van der Waals surface area contributed by atoms with Crippen molar-refractivity contribution in [3.8, 4) is 11.3 Å². The number of rotatable bonds is 3. The number of carbonyl (C=O) groups is 1. The zero-order valence-electron chi connectivity index (χ0n) is 14.3. The van der Waals surface area contributed by atoms with Gasteiger partial charge >= 0.3 is 0 Å². The van der Waals surface area contributed by atoms with Gasteiger partial charge in [-0.3, -0.25) is 9.78 Å². The van der Waals surface area contributed by atoms with Crippen LogP contribution in [0.3, 0.4) is 0 Å². The van der Waals surface area contributed by atoms with Gasteiger partial charge < -0.3 is 9.80 Å². The quantitative estimate of drug-likeness (QED) is 0.730. The van der Waals surface area contributed by atoms with Crippen molar-refractivity contribution in [2.45, 2.75) is 0 Å². The van der Waals surface area contributed by atoms with Crippen molar-refractivity contribution in [2.75, 3.05) is 31.1 Å². The maximum atomic E-state index is 12.7. The lowest BCUT2D eigenvalue weighted by molar-refractivity contribution is 0.0746. The lowest BCUT2D eigenvalue weighted by Crippen LogP contribution is -2.49. The lowest BCUT2D eigenvalue weighted by Gasteiger charge is -2.34. The predicted molar refractivity (Wildman–Crippen MR) is 99.8 cm³/mol. The molecule has 1 aromatic carbocycles. The second-order valence-electron chi connectivity index (χ2n) is 6.13. The van der Waals surface area contributed by atoms with Gasteiger partial charge in [-0.05, 0) is 18.2 Å². The maximum absolute atomic E-state index is 12.7. The Morgan fingerprint density at radius 1 is 0.808 bits per heavy atom. The highest BCUT2D eigenvalue weighted by molar-refractivity contribution is 5.94. The van der Waals surface area contributed by atoms with Crippen molar-refractivity contribution >= 4 is 11.9 Å². The van der Waals surface area contributed by atoms with E-state index in [0.717, 1.165) is 24.3 Å². The van der Waals surface area contributed by atoms with Gasteiger partial charge in [0.1, 0.15) is 0 Å². The molecule has 6 nitrogen and oxygen atoms in total. The molecule has 0 saturated carbocycles. The predicted octanol–water partition coefficient (Wildman–Crippen LogP) is 2.50. The van der Waals surface area contributed by atoms with Crippen molar-refractivity contribution in [1.29, 1.82) is 0 Å². The number of benzene rings is 1. The standard InChI is InChI=1S/C20H19N5O/c26-19(17-7-8-18(23-15-17)16-5-2-1-3-6-16)24-11-13-25(14-12-24)20-21-9-4-10-22-20/h1-10,15H,11-14H2. The molecule has 0 radical (unpaired) electrons. The van der Waals surface area contributed by atoms with Crippen LogP contribution in [0.25, 0.3) is 11.3 Å². The minimum Gasteiger partial charge on any atom is -0.337 e. The van der Waals surface area contributed by atoms with E-state index in [2.05, 4.69) is 19.9 Å². The minimum atomic E-state index is 0.0192. The van der Waals surface area contributed by atoms with Crippen LogP contribution in [0.4, 0.5) is 5.95 Å². The van der Waals surface area contributed by atoms with Gasteiger partial charge in [0.15, 0.2) is 0 Å². The molecule has 0 spiro atoms. The Morgan fingerprint density at radius 3 is 2.19 bits per heavy atom. The number of piperazine rings is 1. The number of hydrogen-bond acceptors (Lipinski definition) is 5. The van der Waals surface area contributed by atoms with E-state index in [1.54, 1.807) is 24.7 Å². The van der Waals surface area contributed by atoms with Crippen LogP contribution in [-0.4, -0.2) is 51.9 Å². The summed E-state index contributed by atoms with van der Waals surface area (Å²) in [5, 5.41) is 0. The third kappa shape index (κ3) is 3.39. The van der Waals surface area contributed by atoms with Crippen LogP contribution in [0.1, 0.15) is 10.4 Å². The molecule has 0 bridgehead atoms. The molecule has 1 aliphatic rings. The van der Waals surface area contributed by atoms with Gasteiger partial charge in [-0.1, -0.05) is 30.3 Å². The van der Waals surface area contributed by atoms with Crippen LogP contribution in [0.2, 0.25) is 0 Å². The molecule has 4 rings (SSSR count). The first-order valence-electron chi connectivity index (χ1n) is 8.64. The van der Waals surface area contributed by atoms with E-state index in [1.165, 1.54) is 0 Å². The summed E-state index contributed by atoms with van der Waals surface area (Å²) in [6, 6.07) is 15.5. The van der Waals surface area contributed by atoms with Crippen LogP contribution in [0.15, 0.2) is 67.1 Å². The SMILES string of the molecule is O=C(c1ccc(-c2ccccc2)nc1)N1CCN(c2ncccn2)CC1. The number of nitrogens with zero attached hydrogens (tertiary/aromatic N) is 5. The number of carbonyl (C=O) groups excluding carboxylic acids is 1. The highest BCUT2D eigenvalue weighted by Crippen LogP contribution is 2.17. The van der Waals surface area contributed by atoms with Crippen LogP contribution in [0, 0.1) is 0 Å². The number of amides is 1. The summed E-state index contributed by atoms with van der Waals surface area (Å²) in [5.41, 5.74) is 2.53. The lowest BCUT2D eigenvalue weighted by atomic mass is 10.1. The first-order valence-corrected chi connectivity index (χ1v) is 8.64. The molecule has 130 valence electrons. The van der Waals surface area contributed by atoms with Crippen molar-refractivity contribution in [2.24, 2.45) is 0 Å². The monoisotopic (exact) mass is 345 g/mol. The summed E-state index contributed by atoms with van der Waals surface area (Å²) in [6.45, 7) is 2.76. The molecule has 0 aliphatic carbocycles. The summed E-state index contributed by atoms with van der Waals surface area (Å²) in [6.07, 6.45) is 5.14. The molecule has 6 heteroatoms. The number of anilines is 1. The van der Waals surface area contributed by atoms with Crippen LogP contribution in [-0.2, 0) is 0 Å². The molecule has 26 heavy (non-hydrogen) atoms. The molecule has 1 fully saturated rings. The van der Waals surface area contributed by atoms with Crippen molar-refractivity contribution < 1.29 is 4.79 Å². The average molecular weight is 345 g/mol. The fraction of sp³-hybridized carbons (Fsp3) is 0.200. The molecule has 0 N–H and O–H groups in total. The molecule has 1 amide bonds. The van der Waals surface area contributed by atoms with E-state index in [4.69, 9.17) is 0 Å². The van der Waals surface area contributed by atoms with Crippen molar-refractivity contribution in [1.82, 2.24) is 19.9 Å². The van der Waals surface area contributed by atoms with E-state index < -0.39 is 0 Å². The largest absolute Gasteiger partial charge is 0.337 e. The first kappa shape index (κ1) is 16.2. The number of hydrogen-bond donors (Lipinski definition) is 0. The first-order chi connectivity index (χ1) is 12.8. The minimum absolute atomic E-state index is 0.0192. The number of aromatic nitrogens is 3. The van der Waals surface area contributed by atoms with E-state index in [-0.39, 0.29) is 5.91 Å². The Morgan fingerprint density at radius 2 is 1.54 bits per heavy atom. The molecule has 0 unspecified atom stereocenters. The van der Waals surface area contributed by atoms with Gasteiger partial charge in [-0.2, -0.15) is 0 Å². The molecule has 1 aliphatic heterocycles. The summed E-state index contributed by atoms with van der Waals surface area (Å²) in [5.74, 6) is 0.735. The van der Waals surface area contributed by atoms with Crippen molar-refractivity contribution in [3.63, 3.8) is 0 Å². The second kappa shape index (κ2) is 7.31. The highest BCUT2D eigenvalue weighted by atomic mass is 16.2. The Balaban J connectivity index is 1.41. The van der Waals surface area contributed by atoms with Gasteiger partial charge in [0.2, 0.25) is 5.95 Å². The Labute approximate surface area is 152 Å². The molecule has 3 aromatic rings. The molecular weight excluding hydrogens is 326 g/mol. The van der Waals surface area contributed by atoms with Crippen LogP contribution >= 0.6 is 0 Å². The zero-order valence-corrected chi connectivity index (χ0v) is 14.3. The van der Waals surface area contributed by atoms with E-state index >= 15 is 0 Å². The molecule has 0 atom stereocenters. The Kier molecular flexibility index (Phi) is 4.55. The van der Waals surface area contributed by atoms with E-state index in [9.17, 15) is 4.79 Å². The highest BCUT2D eigenvalue weighted by Gasteiger charge is 2.23. The summed E-state index contributed by atoms with van der Waals surface area (Å²) in [7, 11) is 0. The molecule has 2 aromatic heterocycles. The number of pyridine rings is 1. The summed E-state index contributed by atoms with van der Waals surface area (Å²) >= 11 is 0.